The maximum atomic E-state index is 7.02. The summed E-state index contributed by atoms with van der Waals surface area (Å²) in [5, 5.41) is 7.23. The van der Waals surface area contributed by atoms with Gasteiger partial charge in [-0.3, -0.25) is 5.41 Å². The molecule has 78 valence electrons. The largest absolute Gasteiger partial charge is 0.379 e. The fourth-order valence-electron chi connectivity index (χ4n) is 1.10. The lowest BCUT2D eigenvalue weighted by Crippen LogP contribution is -2.04. The highest BCUT2D eigenvalue weighted by Gasteiger charge is 1.93. The molecule has 0 fully saturated rings. The molecule has 14 heavy (non-hydrogen) atoms. The highest BCUT2D eigenvalue weighted by atomic mass is 35.5. The van der Waals surface area contributed by atoms with Gasteiger partial charge in [0.15, 0.2) is 5.17 Å². The molecular formula is C10H15ClN2S. The number of aryl methyl sites for hydroxylation is 1. The summed E-state index contributed by atoms with van der Waals surface area (Å²) in [7, 11) is 0. The number of nitrogens with two attached hydrogens (primary N) is 1. The molecule has 0 aromatic heterocycles. The smallest absolute Gasteiger partial charge is 0.151 e. The van der Waals surface area contributed by atoms with Crippen molar-refractivity contribution in [1.82, 2.24) is 0 Å². The van der Waals surface area contributed by atoms with Crippen molar-refractivity contribution in [3.63, 3.8) is 0 Å². The fourth-order valence-corrected chi connectivity index (χ4v) is 1.61. The Morgan fingerprint density at radius 2 is 1.93 bits per heavy atom. The highest BCUT2D eigenvalue weighted by Crippen LogP contribution is 2.06. The van der Waals surface area contributed by atoms with E-state index in [-0.39, 0.29) is 17.6 Å². The van der Waals surface area contributed by atoms with Gasteiger partial charge in [0.1, 0.15) is 0 Å². The first-order valence-electron chi connectivity index (χ1n) is 4.30. The average Bonchev–Trinajstić information content (AvgIpc) is 2.14. The first kappa shape index (κ1) is 13.3. The molecule has 0 spiro atoms. The average molecular weight is 231 g/mol. The van der Waals surface area contributed by atoms with Crippen LogP contribution in [0.4, 0.5) is 0 Å². The summed E-state index contributed by atoms with van der Waals surface area (Å²) >= 11 is 1.41. The van der Waals surface area contributed by atoms with Gasteiger partial charge in [0.25, 0.3) is 0 Å². The zero-order valence-electron chi connectivity index (χ0n) is 7.90. The number of hydrogen-bond acceptors (Lipinski definition) is 2. The Hall–Kier alpha value is -0.670. The van der Waals surface area contributed by atoms with E-state index in [2.05, 4.69) is 12.1 Å². The molecule has 2 nitrogen and oxygen atoms in total. The van der Waals surface area contributed by atoms with E-state index in [0.717, 1.165) is 18.6 Å². The highest BCUT2D eigenvalue weighted by molar-refractivity contribution is 8.13. The molecule has 0 bridgehead atoms. The lowest BCUT2D eigenvalue weighted by atomic mass is 10.1. The van der Waals surface area contributed by atoms with E-state index < -0.39 is 0 Å². The van der Waals surface area contributed by atoms with Gasteiger partial charge in [0.2, 0.25) is 0 Å². The number of nitrogens with one attached hydrogen (secondary N) is 1. The van der Waals surface area contributed by atoms with Gasteiger partial charge in [-0.25, -0.2) is 0 Å². The monoisotopic (exact) mass is 230 g/mol. The molecule has 0 heterocycles. The van der Waals surface area contributed by atoms with Gasteiger partial charge in [-0.05, 0) is 18.4 Å². The minimum Gasteiger partial charge on any atom is -0.379 e. The molecule has 1 aromatic rings. The molecule has 0 unspecified atom stereocenters. The Kier molecular flexibility index (Phi) is 7.34. The van der Waals surface area contributed by atoms with Crippen molar-refractivity contribution in [3.05, 3.63) is 35.9 Å². The van der Waals surface area contributed by atoms with Crippen molar-refractivity contribution in [2.24, 2.45) is 5.73 Å². The Balaban J connectivity index is 0.00000169. The SMILES string of the molecule is Cl.N=C(N)SCCCc1ccccc1. The van der Waals surface area contributed by atoms with Gasteiger partial charge in [0, 0.05) is 5.75 Å². The lowest BCUT2D eigenvalue weighted by molar-refractivity contribution is 0.935. The molecule has 0 amide bonds. The van der Waals surface area contributed by atoms with E-state index in [1.807, 2.05) is 18.2 Å². The molecule has 0 aliphatic rings. The van der Waals surface area contributed by atoms with Gasteiger partial charge >= 0.3 is 0 Å². The van der Waals surface area contributed by atoms with Gasteiger partial charge in [-0.15, -0.1) is 12.4 Å². The van der Waals surface area contributed by atoms with Crippen LogP contribution in [0.1, 0.15) is 12.0 Å². The van der Waals surface area contributed by atoms with Crippen LogP contribution in [0, 0.1) is 5.41 Å². The standard InChI is InChI=1S/C10H14N2S.ClH/c11-10(12)13-8-4-7-9-5-2-1-3-6-9;/h1-3,5-6H,4,7-8H2,(H3,11,12);1H. The van der Waals surface area contributed by atoms with Crippen LogP contribution in [0.2, 0.25) is 0 Å². The van der Waals surface area contributed by atoms with Crippen molar-refractivity contribution in [2.45, 2.75) is 12.8 Å². The van der Waals surface area contributed by atoms with Crippen molar-refractivity contribution in [2.75, 3.05) is 5.75 Å². The van der Waals surface area contributed by atoms with Crippen molar-refractivity contribution >= 4 is 29.3 Å². The Morgan fingerprint density at radius 3 is 2.50 bits per heavy atom. The molecular weight excluding hydrogens is 216 g/mol. The molecule has 0 saturated carbocycles. The molecule has 0 radical (unpaired) electrons. The van der Waals surface area contributed by atoms with Crippen LogP contribution >= 0.6 is 24.2 Å². The summed E-state index contributed by atoms with van der Waals surface area (Å²) in [6.45, 7) is 0. The van der Waals surface area contributed by atoms with Crippen LogP contribution in [0.25, 0.3) is 0 Å². The maximum Gasteiger partial charge on any atom is 0.151 e. The van der Waals surface area contributed by atoms with E-state index in [4.69, 9.17) is 11.1 Å². The molecule has 0 aliphatic carbocycles. The fraction of sp³-hybridized carbons (Fsp3) is 0.300. The van der Waals surface area contributed by atoms with Crippen LogP contribution in [0.3, 0.4) is 0 Å². The van der Waals surface area contributed by atoms with Gasteiger partial charge in [0.05, 0.1) is 0 Å². The van der Waals surface area contributed by atoms with Gasteiger partial charge in [-0.1, -0.05) is 42.1 Å². The maximum absolute atomic E-state index is 7.02. The Bertz CT molecular complexity index is 264. The summed E-state index contributed by atoms with van der Waals surface area (Å²) < 4.78 is 0. The molecule has 0 aliphatic heterocycles. The second-order valence-corrected chi connectivity index (χ2v) is 3.94. The zero-order valence-corrected chi connectivity index (χ0v) is 9.53. The van der Waals surface area contributed by atoms with E-state index in [0.29, 0.717) is 0 Å². The van der Waals surface area contributed by atoms with E-state index >= 15 is 0 Å². The number of thioether (sulfide) groups is 1. The van der Waals surface area contributed by atoms with Crippen LogP contribution in [-0.4, -0.2) is 10.9 Å². The normalized spacial score (nSPS) is 9.14. The van der Waals surface area contributed by atoms with Crippen molar-refractivity contribution in [1.29, 1.82) is 5.41 Å². The minimum absolute atomic E-state index is 0. The second-order valence-electron chi connectivity index (χ2n) is 2.80. The van der Waals surface area contributed by atoms with Gasteiger partial charge < -0.3 is 5.73 Å². The molecule has 4 heteroatoms. The van der Waals surface area contributed by atoms with Crippen molar-refractivity contribution < 1.29 is 0 Å². The summed E-state index contributed by atoms with van der Waals surface area (Å²) in [6.07, 6.45) is 2.15. The topological polar surface area (TPSA) is 49.9 Å². The number of hydrogen-bond donors (Lipinski definition) is 2. The quantitative estimate of drug-likeness (QED) is 0.475. The molecule has 3 N–H and O–H groups in total. The minimum atomic E-state index is 0. The number of benzene rings is 1. The summed E-state index contributed by atoms with van der Waals surface area (Å²) in [4.78, 5) is 0. The summed E-state index contributed by atoms with van der Waals surface area (Å²) in [5.41, 5.74) is 6.57. The Labute approximate surface area is 95.2 Å². The summed E-state index contributed by atoms with van der Waals surface area (Å²) in [5.74, 6) is 0.935. The number of rotatable bonds is 4. The second kappa shape index (κ2) is 7.71. The predicted molar refractivity (Wildman–Crippen MR) is 66.4 cm³/mol. The molecule has 0 saturated heterocycles. The van der Waals surface area contributed by atoms with Crippen LogP contribution in [-0.2, 0) is 6.42 Å². The van der Waals surface area contributed by atoms with Crippen LogP contribution in [0.15, 0.2) is 30.3 Å². The summed E-state index contributed by atoms with van der Waals surface area (Å²) in [6, 6.07) is 10.4. The molecule has 0 atom stereocenters. The molecule has 1 rings (SSSR count). The number of amidine groups is 1. The van der Waals surface area contributed by atoms with Crippen molar-refractivity contribution in [3.8, 4) is 0 Å². The number of halogens is 1. The Morgan fingerprint density at radius 1 is 1.29 bits per heavy atom. The third kappa shape index (κ3) is 5.89. The first-order chi connectivity index (χ1) is 6.29. The van der Waals surface area contributed by atoms with E-state index in [1.54, 1.807) is 0 Å². The predicted octanol–water partition coefficient (Wildman–Crippen LogP) is 2.67. The third-order valence-electron chi connectivity index (χ3n) is 1.71. The third-order valence-corrected chi connectivity index (χ3v) is 2.51. The van der Waals surface area contributed by atoms with E-state index in [9.17, 15) is 0 Å². The lowest BCUT2D eigenvalue weighted by Gasteiger charge is -1.99. The van der Waals surface area contributed by atoms with Crippen LogP contribution < -0.4 is 5.73 Å². The van der Waals surface area contributed by atoms with E-state index in [1.165, 1.54) is 17.3 Å². The zero-order chi connectivity index (χ0) is 9.52. The van der Waals surface area contributed by atoms with Crippen LogP contribution in [0.5, 0.6) is 0 Å². The molecule has 1 aromatic carbocycles. The van der Waals surface area contributed by atoms with Gasteiger partial charge in [-0.2, -0.15) is 0 Å². The first-order valence-corrected chi connectivity index (χ1v) is 5.28.